The smallest absolute Gasteiger partial charge is 0.269 e. The van der Waals surface area contributed by atoms with Gasteiger partial charge in [-0.2, -0.15) is 11.8 Å². The maximum atomic E-state index is 11.6. The van der Waals surface area contributed by atoms with Gasteiger partial charge in [0.05, 0.1) is 11.9 Å². The lowest BCUT2D eigenvalue weighted by Gasteiger charge is -2.04. The van der Waals surface area contributed by atoms with E-state index in [-0.39, 0.29) is 5.91 Å². The van der Waals surface area contributed by atoms with Gasteiger partial charge in [0.15, 0.2) is 0 Å². The maximum Gasteiger partial charge on any atom is 0.269 e. The highest BCUT2D eigenvalue weighted by atomic mass is 32.2. The molecule has 0 aliphatic carbocycles. The number of hydrogen-bond acceptors (Lipinski definition) is 4. The Kier molecular flexibility index (Phi) is 5.71. The summed E-state index contributed by atoms with van der Waals surface area (Å²) in [5, 5.41) is 2.83. The third kappa shape index (κ3) is 4.53. The molecular formula is C11H17N3OS. The molecule has 1 aromatic heterocycles. The van der Waals surface area contributed by atoms with Crippen molar-refractivity contribution in [3.05, 3.63) is 24.0 Å². The molecule has 5 heteroatoms. The van der Waals surface area contributed by atoms with Crippen molar-refractivity contribution in [1.29, 1.82) is 0 Å². The molecule has 0 atom stereocenters. The van der Waals surface area contributed by atoms with E-state index in [0.29, 0.717) is 17.9 Å². The normalized spacial score (nSPS) is 10.1. The molecule has 0 unspecified atom stereocenters. The minimum Gasteiger partial charge on any atom is -0.397 e. The van der Waals surface area contributed by atoms with Crippen molar-refractivity contribution < 1.29 is 4.79 Å². The van der Waals surface area contributed by atoms with Gasteiger partial charge in [0.2, 0.25) is 0 Å². The number of amides is 1. The molecule has 0 aliphatic heterocycles. The molecule has 4 nitrogen and oxygen atoms in total. The third-order valence-corrected chi connectivity index (χ3v) is 2.78. The number of thioether (sulfide) groups is 1. The average Bonchev–Trinajstić information content (AvgIpc) is 2.29. The first kappa shape index (κ1) is 12.8. The summed E-state index contributed by atoms with van der Waals surface area (Å²) >= 11 is 1.82. The number of unbranched alkanes of at least 4 members (excludes halogenated alkanes) is 1. The molecule has 1 aromatic rings. The first-order valence-corrected chi connectivity index (χ1v) is 6.62. The lowest BCUT2D eigenvalue weighted by molar-refractivity contribution is 0.0948. The van der Waals surface area contributed by atoms with Gasteiger partial charge in [-0.25, -0.2) is 4.98 Å². The molecule has 0 radical (unpaired) electrons. The predicted octanol–water partition coefficient (Wildman–Crippen LogP) is 1.54. The standard InChI is InChI=1S/C11H17N3OS/c1-16-7-3-2-6-13-11(15)10-5-4-9(12)8-14-10/h4-5,8H,2-3,6-7,12H2,1H3,(H,13,15). The van der Waals surface area contributed by atoms with Crippen LogP contribution in [0.3, 0.4) is 0 Å². The van der Waals surface area contributed by atoms with Gasteiger partial charge in [0, 0.05) is 6.54 Å². The van der Waals surface area contributed by atoms with E-state index < -0.39 is 0 Å². The molecule has 0 aliphatic rings. The van der Waals surface area contributed by atoms with E-state index in [1.54, 1.807) is 12.1 Å². The summed E-state index contributed by atoms with van der Waals surface area (Å²) in [6.45, 7) is 0.700. The van der Waals surface area contributed by atoms with Gasteiger partial charge < -0.3 is 11.1 Å². The second kappa shape index (κ2) is 7.11. The highest BCUT2D eigenvalue weighted by Gasteiger charge is 2.04. The van der Waals surface area contributed by atoms with Gasteiger partial charge in [-0.1, -0.05) is 0 Å². The van der Waals surface area contributed by atoms with E-state index in [4.69, 9.17) is 5.73 Å². The quantitative estimate of drug-likeness (QED) is 0.739. The SMILES string of the molecule is CSCCCCNC(=O)c1ccc(N)cn1. The zero-order chi connectivity index (χ0) is 11.8. The molecule has 0 saturated heterocycles. The minimum atomic E-state index is -0.135. The molecule has 1 amide bonds. The highest BCUT2D eigenvalue weighted by Crippen LogP contribution is 2.01. The van der Waals surface area contributed by atoms with Crippen LogP contribution in [0.4, 0.5) is 5.69 Å². The van der Waals surface area contributed by atoms with Crippen LogP contribution in [-0.4, -0.2) is 29.4 Å². The first-order chi connectivity index (χ1) is 7.74. The number of carbonyl (C=O) groups is 1. The Hall–Kier alpha value is -1.23. The molecular weight excluding hydrogens is 222 g/mol. The van der Waals surface area contributed by atoms with Crippen LogP contribution in [0.2, 0.25) is 0 Å². The van der Waals surface area contributed by atoms with Crippen LogP contribution in [-0.2, 0) is 0 Å². The van der Waals surface area contributed by atoms with Crippen molar-refractivity contribution in [2.45, 2.75) is 12.8 Å². The molecule has 1 rings (SSSR count). The first-order valence-electron chi connectivity index (χ1n) is 5.22. The van der Waals surface area contributed by atoms with Gasteiger partial charge >= 0.3 is 0 Å². The van der Waals surface area contributed by atoms with Crippen LogP contribution in [0, 0.1) is 0 Å². The van der Waals surface area contributed by atoms with Crippen LogP contribution in [0.5, 0.6) is 0 Å². The fourth-order valence-electron chi connectivity index (χ4n) is 1.20. The Morgan fingerprint density at radius 3 is 2.94 bits per heavy atom. The topological polar surface area (TPSA) is 68.0 Å². The van der Waals surface area contributed by atoms with Crippen LogP contribution >= 0.6 is 11.8 Å². The molecule has 1 heterocycles. The number of aromatic nitrogens is 1. The number of anilines is 1. The zero-order valence-electron chi connectivity index (χ0n) is 9.40. The summed E-state index contributed by atoms with van der Waals surface area (Å²) in [5.74, 6) is 1.000. The van der Waals surface area contributed by atoms with Crippen LogP contribution in [0.25, 0.3) is 0 Å². The maximum absolute atomic E-state index is 11.6. The van der Waals surface area contributed by atoms with Crippen LogP contribution < -0.4 is 11.1 Å². The zero-order valence-corrected chi connectivity index (χ0v) is 10.2. The molecule has 16 heavy (non-hydrogen) atoms. The van der Waals surface area contributed by atoms with Crippen molar-refractivity contribution >= 4 is 23.4 Å². The molecule has 0 aromatic carbocycles. The monoisotopic (exact) mass is 239 g/mol. The van der Waals surface area contributed by atoms with E-state index in [9.17, 15) is 4.79 Å². The average molecular weight is 239 g/mol. The summed E-state index contributed by atoms with van der Waals surface area (Å²) < 4.78 is 0. The number of nitrogens with two attached hydrogens (primary N) is 1. The Morgan fingerprint density at radius 2 is 2.31 bits per heavy atom. The van der Waals surface area contributed by atoms with Gasteiger partial charge in [-0.15, -0.1) is 0 Å². The van der Waals surface area contributed by atoms with Crippen molar-refractivity contribution in [1.82, 2.24) is 10.3 Å². The molecule has 0 bridgehead atoms. The Morgan fingerprint density at radius 1 is 1.50 bits per heavy atom. The van der Waals surface area contributed by atoms with E-state index in [1.165, 1.54) is 6.20 Å². The Balaban J connectivity index is 2.27. The minimum absolute atomic E-state index is 0.135. The summed E-state index contributed by atoms with van der Waals surface area (Å²) in [6.07, 6.45) is 5.69. The summed E-state index contributed by atoms with van der Waals surface area (Å²) in [6, 6.07) is 3.31. The molecule has 0 fully saturated rings. The molecule has 0 saturated carbocycles. The fourth-order valence-corrected chi connectivity index (χ4v) is 1.70. The molecule has 3 N–H and O–H groups in total. The molecule has 0 spiro atoms. The fraction of sp³-hybridized carbons (Fsp3) is 0.455. The summed E-state index contributed by atoms with van der Waals surface area (Å²) in [4.78, 5) is 15.5. The largest absolute Gasteiger partial charge is 0.397 e. The second-order valence-corrected chi connectivity index (χ2v) is 4.42. The number of hydrogen-bond donors (Lipinski definition) is 2. The number of rotatable bonds is 6. The molecule has 88 valence electrons. The van der Waals surface area contributed by atoms with Crippen molar-refractivity contribution in [2.75, 3.05) is 24.3 Å². The van der Waals surface area contributed by atoms with Crippen LogP contribution in [0.1, 0.15) is 23.3 Å². The van der Waals surface area contributed by atoms with Gasteiger partial charge in [0.25, 0.3) is 5.91 Å². The Labute approximate surface area is 100 Å². The number of carbonyl (C=O) groups excluding carboxylic acids is 1. The number of nitrogens with one attached hydrogen (secondary N) is 1. The lowest BCUT2D eigenvalue weighted by atomic mass is 10.3. The lowest BCUT2D eigenvalue weighted by Crippen LogP contribution is -2.25. The van der Waals surface area contributed by atoms with Gasteiger partial charge in [-0.05, 0) is 37.0 Å². The summed E-state index contributed by atoms with van der Waals surface area (Å²) in [5.41, 5.74) is 6.47. The van der Waals surface area contributed by atoms with Crippen molar-refractivity contribution in [3.63, 3.8) is 0 Å². The highest BCUT2D eigenvalue weighted by molar-refractivity contribution is 7.98. The van der Waals surface area contributed by atoms with E-state index in [2.05, 4.69) is 16.6 Å². The third-order valence-electron chi connectivity index (χ3n) is 2.08. The second-order valence-electron chi connectivity index (χ2n) is 3.43. The number of nitrogens with zero attached hydrogens (tertiary/aromatic N) is 1. The number of pyridine rings is 1. The predicted molar refractivity (Wildman–Crippen MR) is 68.6 cm³/mol. The summed E-state index contributed by atoms with van der Waals surface area (Å²) in [7, 11) is 0. The van der Waals surface area contributed by atoms with Crippen molar-refractivity contribution in [3.8, 4) is 0 Å². The number of nitrogen functional groups attached to an aromatic ring is 1. The van der Waals surface area contributed by atoms with E-state index in [1.807, 2.05) is 11.8 Å². The van der Waals surface area contributed by atoms with E-state index in [0.717, 1.165) is 18.6 Å². The van der Waals surface area contributed by atoms with Crippen molar-refractivity contribution in [2.24, 2.45) is 0 Å². The van der Waals surface area contributed by atoms with Gasteiger partial charge in [0.1, 0.15) is 5.69 Å². The van der Waals surface area contributed by atoms with Crippen LogP contribution in [0.15, 0.2) is 18.3 Å². The Bertz CT molecular complexity index is 327. The van der Waals surface area contributed by atoms with E-state index >= 15 is 0 Å². The van der Waals surface area contributed by atoms with Gasteiger partial charge in [-0.3, -0.25) is 4.79 Å².